The van der Waals surface area contributed by atoms with Crippen molar-refractivity contribution in [1.29, 1.82) is 0 Å². The summed E-state index contributed by atoms with van der Waals surface area (Å²) < 4.78 is 18.6. The van der Waals surface area contributed by atoms with E-state index in [-0.39, 0.29) is 11.6 Å². The Bertz CT molecular complexity index is 1220. The first-order valence-electron chi connectivity index (χ1n) is 9.46. The van der Waals surface area contributed by atoms with Crippen LogP contribution in [0.25, 0.3) is 6.08 Å². The molecule has 4 rings (SSSR count). The van der Waals surface area contributed by atoms with Gasteiger partial charge < -0.3 is 14.2 Å². The van der Waals surface area contributed by atoms with E-state index in [1.165, 1.54) is 0 Å². The summed E-state index contributed by atoms with van der Waals surface area (Å²) in [7, 11) is 1.57. The number of carbonyl (C=O) groups excluding carboxylic acids is 1. The summed E-state index contributed by atoms with van der Waals surface area (Å²) in [5.74, 6) is 0.956. The molecule has 0 aromatic heterocycles. The third-order valence-corrected chi connectivity index (χ3v) is 6.15. The number of rotatable bonds is 6. The molecule has 0 amide bonds. The topological polar surface area (TPSA) is 57.1 Å². The van der Waals surface area contributed by atoms with Crippen LogP contribution in [0, 0.1) is 3.57 Å². The van der Waals surface area contributed by atoms with E-state index in [2.05, 4.69) is 43.5 Å². The Morgan fingerprint density at radius 2 is 1.84 bits per heavy atom. The van der Waals surface area contributed by atoms with Gasteiger partial charge in [-0.3, -0.25) is 0 Å². The van der Waals surface area contributed by atoms with E-state index in [9.17, 15) is 4.79 Å². The van der Waals surface area contributed by atoms with Gasteiger partial charge in [0, 0.05) is 15.1 Å². The van der Waals surface area contributed by atoms with E-state index < -0.39 is 5.97 Å². The van der Waals surface area contributed by atoms with Gasteiger partial charge in [-0.15, -0.1) is 0 Å². The highest BCUT2D eigenvalue weighted by Gasteiger charge is 2.24. The van der Waals surface area contributed by atoms with Crippen LogP contribution >= 0.6 is 50.1 Å². The Balaban J connectivity index is 1.58. The fraction of sp³-hybridized carbons (Fsp3) is 0.0833. The molecule has 162 valence electrons. The Morgan fingerprint density at radius 1 is 1.12 bits per heavy atom. The quantitative estimate of drug-likeness (QED) is 0.175. The minimum atomic E-state index is -0.500. The standard InChI is InChI=1S/C24H16BrClINO4/c1-30-21-12-15(10-19(27)22(21)31-13-14-2-8-18(26)9-3-14)11-20-24(29)32-23(28-20)16-4-6-17(25)7-5-16/h2-12H,13H2,1H3/b20-11-. The number of cyclic esters (lactones) is 1. The van der Waals surface area contributed by atoms with Gasteiger partial charge in [0.2, 0.25) is 5.90 Å². The molecule has 5 nitrogen and oxygen atoms in total. The van der Waals surface area contributed by atoms with Crippen molar-refractivity contribution in [2.75, 3.05) is 7.11 Å². The van der Waals surface area contributed by atoms with Crippen LogP contribution in [0.2, 0.25) is 5.02 Å². The van der Waals surface area contributed by atoms with Crippen molar-refractivity contribution in [1.82, 2.24) is 0 Å². The van der Waals surface area contributed by atoms with E-state index >= 15 is 0 Å². The molecule has 0 saturated heterocycles. The van der Waals surface area contributed by atoms with Crippen molar-refractivity contribution in [3.63, 3.8) is 0 Å². The zero-order valence-electron chi connectivity index (χ0n) is 16.8. The molecule has 0 unspecified atom stereocenters. The van der Waals surface area contributed by atoms with E-state index in [4.69, 9.17) is 25.8 Å². The van der Waals surface area contributed by atoms with Crippen molar-refractivity contribution < 1.29 is 19.0 Å². The van der Waals surface area contributed by atoms with Crippen LogP contribution in [0.15, 0.2) is 75.8 Å². The van der Waals surface area contributed by atoms with Crippen LogP contribution in [0.5, 0.6) is 11.5 Å². The van der Waals surface area contributed by atoms with Crippen LogP contribution < -0.4 is 9.47 Å². The molecule has 0 radical (unpaired) electrons. The van der Waals surface area contributed by atoms with Gasteiger partial charge in [-0.1, -0.05) is 39.7 Å². The average Bonchev–Trinajstić information content (AvgIpc) is 3.14. The second kappa shape index (κ2) is 10.1. The molecule has 1 heterocycles. The van der Waals surface area contributed by atoms with Crippen LogP contribution in [0.1, 0.15) is 16.7 Å². The molecule has 0 aliphatic carbocycles. The third kappa shape index (κ3) is 5.33. The summed E-state index contributed by atoms with van der Waals surface area (Å²) in [5.41, 5.74) is 2.68. The Hall–Kier alpha value is -2.36. The molecule has 0 saturated carbocycles. The fourth-order valence-corrected chi connectivity index (χ4v) is 4.15. The predicted octanol–water partition coefficient (Wildman–Crippen LogP) is 6.64. The monoisotopic (exact) mass is 623 g/mol. The van der Waals surface area contributed by atoms with Crippen LogP contribution in [-0.2, 0) is 16.1 Å². The SMILES string of the molecule is COc1cc(/C=C2\N=C(c3ccc(Br)cc3)OC2=O)cc(I)c1OCc1ccc(Cl)cc1. The molecule has 1 aliphatic heterocycles. The van der Waals surface area contributed by atoms with Crippen molar-refractivity contribution >= 4 is 68.1 Å². The van der Waals surface area contributed by atoms with Gasteiger partial charge in [-0.25, -0.2) is 9.79 Å². The Morgan fingerprint density at radius 3 is 2.53 bits per heavy atom. The molecule has 8 heteroatoms. The van der Waals surface area contributed by atoms with Crippen molar-refractivity contribution in [2.45, 2.75) is 6.61 Å². The number of hydrogen-bond acceptors (Lipinski definition) is 5. The Kier molecular flexibility index (Phi) is 7.17. The van der Waals surface area contributed by atoms with Gasteiger partial charge in [0.15, 0.2) is 17.2 Å². The lowest BCUT2D eigenvalue weighted by molar-refractivity contribution is -0.129. The van der Waals surface area contributed by atoms with Crippen LogP contribution in [-0.4, -0.2) is 19.0 Å². The average molecular weight is 625 g/mol. The highest BCUT2D eigenvalue weighted by molar-refractivity contribution is 14.1. The van der Waals surface area contributed by atoms with E-state index in [1.54, 1.807) is 19.3 Å². The molecular weight excluding hydrogens is 609 g/mol. The van der Waals surface area contributed by atoms with E-state index in [1.807, 2.05) is 54.6 Å². The molecule has 0 spiro atoms. The minimum Gasteiger partial charge on any atom is -0.493 e. The Labute approximate surface area is 212 Å². The number of methoxy groups -OCH3 is 1. The number of halogens is 3. The number of carbonyl (C=O) groups is 1. The minimum absolute atomic E-state index is 0.218. The highest BCUT2D eigenvalue weighted by Crippen LogP contribution is 2.35. The van der Waals surface area contributed by atoms with Crippen molar-refractivity contribution in [3.05, 3.63) is 96.1 Å². The van der Waals surface area contributed by atoms with Crippen molar-refractivity contribution in [3.8, 4) is 11.5 Å². The van der Waals surface area contributed by atoms with Crippen LogP contribution in [0.3, 0.4) is 0 Å². The summed E-state index contributed by atoms with van der Waals surface area (Å²) >= 11 is 11.5. The lowest BCUT2D eigenvalue weighted by Crippen LogP contribution is -2.05. The van der Waals surface area contributed by atoms with Gasteiger partial charge in [-0.05, 0) is 88.3 Å². The lowest BCUT2D eigenvalue weighted by atomic mass is 10.1. The fourth-order valence-electron chi connectivity index (χ4n) is 2.98. The summed E-state index contributed by atoms with van der Waals surface area (Å²) in [5, 5.41) is 0.676. The number of nitrogens with zero attached hydrogens (tertiary/aromatic N) is 1. The zero-order valence-corrected chi connectivity index (χ0v) is 21.3. The molecule has 32 heavy (non-hydrogen) atoms. The molecule has 1 aliphatic rings. The molecule has 0 atom stereocenters. The van der Waals surface area contributed by atoms with E-state index in [0.717, 1.165) is 24.7 Å². The highest BCUT2D eigenvalue weighted by atomic mass is 127. The summed E-state index contributed by atoms with van der Waals surface area (Å²) in [4.78, 5) is 16.7. The van der Waals surface area contributed by atoms with Gasteiger partial charge in [0.25, 0.3) is 0 Å². The number of aliphatic imine (C=N–C) groups is 1. The molecule has 3 aromatic rings. The number of hydrogen-bond donors (Lipinski definition) is 0. The molecule has 3 aromatic carbocycles. The lowest BCUT2D eigenvalue weighted by Gasteiger charge is -2.14. The summed E-state index contributed by atoms with van der Waals surface area (Å²) in [6, 6.07) is 18.5. The first kappa shape index (κ1) is 22.8. The van der Waals surface area contributed by atoms with Crippen molar-refractivity contribution in [2.24, 2.45) is 4.99 Å². The largest absolute Gasteiger partial charge is 0.493 e. The smallest absolute Gasteiger partial charge is 0.363 e. The number of esters is 1. The summed E-state index contributed by atoms with van der Waals surface area (Å²) in [6.45, 7) is 0.372. The van der Waals surface area contributed by atoms with Gasteiger partial charge in [-0.2, -0.15) is 0 Å². The summed E-state index contributed by atoms with van der Waals surface area (Å²) in [6.07, 6.45) is 1.67. The molecular formula is C24H16BrClINO4. The normalized spacial score (nSPS) is 14.3. The van der Waals surface area contributed by atoms with Gasteiger partial charge in [0.1, 0.15) is 6.61 Å². The maximum absolute atomic E-state index is 12.3. The third-order valence-electron chi connectivity index (χ3n) is 4.56. The van der Waals surface area contributed by atoms with Gasteiger partial charge in [0.05, 0.1) is 10.7 Å². The first-order chi connectivity index (χ1) is 15.4. The van der Waals surface area contributed by atoms with Gasteiger partial charge >= 0.3 is 5.97 Å². The zero-order chi connectivity index (χ0) is 22.7. The second-order valence-electron chi connectivity index (χ2n) is 6.79. The maximum Gasteiger partial charge on any atom is 0.363 e. The molecule has 0 N–H and O–H groups in total. The van der Waals surface area contributed by atoms with E-state index in [0.29, 0.717) is 23.1 Å². The number of ether oxygens (including phenoxy) is 3. The first-order valence-corrected chi connectivity index (χ1v) is 11.7. The number of benzene rings is 3. The maximum atomic E-state index is 12.3. The second-order valence-corrected chi connectivity index (χ2v) is 9.31. The molecule has 0 bridgehead atoms. The predicted molar refractivity (Wildman–Crippen MR) is 136 cm³/mol. The molecule has 0 fully saturated rings. The van der Waals surface area contributed by atoms with Crippen LogP contribution in [0.4, 0.5) is 0 Å².